The van der Waals surface area contributed by atoms with E-state index < -0.39 is 0 Å². The molecule has 0 aliphatic heterocycles. The molecule has 0 spiro atoms. The molecule has 0 aromatic carbocycles. The molecule has 0 saturated heterocycles. The Balaban J connectivity index is 2.54. The van der Waals surface area contributed by atoms with E-state index in [-0.39, 0.29) is 29.4 Å². The predicted octanol–water partition coefficient (Wildman–Crippen LogP) is 1.41. The first kappa shape index (κ1) is 13.9. The molecule has 2 N–H and O–H groups in total. The Morgan fingerprint density at radius 2 is 2.29 bits per heavy atom. The maximum Gasteiger partial charge on any atom is 0.271 e. The molecule has 1 rings (SSSR count). The summed E-state index contributed by atoms with van der Waals surface area (Å²) in [5, 5.41) is 12.1. The van der Waals surface area contributed by atoms with Crippen LogP contribution in [0.4, 0.5) is 0 Å². The van der Waals surface area contributed by atoms with Gasteiger partial charge >= 0.3 is 0 Å². The van der Waals surface area contributed by atoms with Crippen molar-refractivity contribution >= 4 is 17.5 Å². The number of aromatic nitrogens is 2. The van der Waals surface area contributed by atoms with Crippen molar-refractivity contribution in [2.24, 2.45) is 0 Å². The number of hydrogen-bond acceptors (Lipinski definition) is 4. The van der Waals surface area contributed by atoms with Gasteiger partial charge in [0.2, 0.25) is 0 Å². The lowest BCUT2D eigenvalue weighted by Crippen LogP contribution is -2.37. The van der Waals surface area contributed by atoms with Crippen molar-refractivity contribution in [2.75, 3.05) is 6.61 Å². The lowest BCUT2D eigenvalue weighted by molar-refractivity contribution is 0.0907. The first-order valence-electron chi connectivity index (χ1n) is 5.56. The van der Waals surface area contributed by atoms with Gasteiger partial charge in [0.1, 0.15) is 10.8 Å². The third-order valence-corrected chi connectivity index (χ3v) is 2.51. The summed E-state index contributed by atoms with van der Waals surface area (Å²) in [6.45, 7) is 1.98. The molecule has 1 aromatic heterocycles. The second-order valence-corrected chi connectivity index (χ2v) is 4.11. The number of rotatable bonds is 6. The molecule has 0 saturated carbocycles. The zero-order valence-electron chi connectivity index (χ0n) is 9.69. The molecule has 0 radical (unpaired) electrons. The summed E-state index contributed by atoms with van der Waals surface area (Å²) < 4.78 is 0. The number of aliphatic hydroxyl groups excluding tert-OH is 1. The fourth-order valence-electron chi connectivity index (χ4n) is 1.35. The highest BCUT2D eigenvalue weighted by molar-refractivity contribution is 6.29. The zero-order chi connectivity index (χ0) is 12.7. The van der Waals surface area contributed by atoms with E-state index in [4.69, 9.17) is 16.7 Å². The van der Waals surface area contributed by atoms with E-state index in [1.165, 1.54) is 12.4 Å². The van der Waals surface area contributed by atoms with Gasteiger partial charge in [0.25, 0.3) is 5.91 Å². The lowest BCUT2D eigenvalue weighted by atomic mass is 10.1. The van der Waals surface area contributed by atoms with Gasteiger partial charge in [-0.05, 0) is 6.42 Å². The maximum absolute atomic E-state index is 11.7. The number of nitrogens with one attached hydrogen (secondary N) is 1. The van der Waals surface area contributed by atoms with E-state index >= 15 is 0 Å². The van der Waals surface area contributed by atoms with E-state index in [0.29, 0.717) is 0 Å². The molecule has 1 atom stereocenters. The predicted molar refractivity (Wildman–Crippen MR) is 64.9 cm³/mol. The minimum atomic E-state index is -0.343. The summed E-state index contributed by atoms with van der Waals surface area (Å²) in [5.74, 6) is -0.343. The molecule has 17 heavy (non-hydrogen) atoms. The van der Waals surface area contributed by atoms with Gasteiger partial charge in [0, 0.05) is 0 Å². The Kier molecular flexibility index (Phi) is 5.86. The molecule has 6 heteroatoms. The fourth-order valence-corrected chi connectivity index (χ4v) is 1.45. The minimum Gasteiger partial charge on any atom is -0.394 e. The van der Waals surface area contributed by atoms with Crippen molar-refractivity contribution < 1.29 is 9.90 Å². The van der Waals surface area contributed by atoms with E-state index in [1.54, 1.807) is 0 Å². The van der Waals surface area contributed by atoms with E-state index in [1.807, 2.05) is 0 Å². The number of aliphatic hydroxyl groups is 1. The summed E-state index contributed by atoms with van der Waals surface area (Å²) in [5.41, 5.74) is 0.198. The van der Waals surface area contributed by atoms with Crippen molar-refractivity contribution in [2.45, 2.75) is 32.2 Å². The minimum absolute atomic E-state index is 0.0766. The Bertz CT molecular complexity index is 356. The molecule has 5 nitrogen and oxygen atoms in total. The van der Waals surface area contributed by atoms with Crippen LogP contribution >= 0.6 is 11.6 Å². The Morgan fingerprint density at radius 3 is 2.82 bits per heavy atom. The van der Waals surface area contributed by atoms with Crippen LogP contribution in [-0.4, -0.2) is 33.6 Å². The Hall–Kier alpha value is -1.20. The topological polar surface area (TPSA) is 75.1 Å². The Labute approximate surface area is 105 Å². The van der Waals surface area contributed by atoms with Crippen LogP contribution in [0.25, 0.3) is 0 Å². The molecule has 1 heterocycles. The molecule has 0 bridgehead atoms. The van der Waals surface area contributed by atoms with Crippen LogP contribution in [0, 0.1) is 0 Å². The Morgan fingerprint density at radius 1 is 1.53 bits per heavy atom. The highest BCUT2D eigenvalue weighted by atomic mass is 35.5. The highest BCUT2D eigenvalue weighted by Gasteiger charge is 2.13. The van der Waals surface area contributed by atoms with Gasteiger partial charge in [-0.15, -0.1) is 0 Å². The summed E-state index contributed by atoms with van der Waals surface area (Å²) in [6.07, 6.45) is 5.35. The molecule has 94 valence electrons. The largest absolute Gasteiger partial charge is 0.394 e. The number of amides is 1. The second kappa shape index (κ2) is 7.19. The van der Waals surface area contributed by atoms with Crippen molar-refractivity contribution in [3.63, 3.8) is 0 Å². The SMILES string of the molecule is CCCCC(CO)NC(=O)c1cnc(Cl)cn1. The van der Waals surface area contributed by atoms with Crippen LogP contribution in [0.15, 0.2) is 12.4 Å². The average Bonchev–Trinajstić information content (AvgIpc) is 2.35. The third kappa shape index (κ3) is 4.66. The van der Waals surface area contributed by atoms with Crippen LogP contribution in [-0.2, 0) is 0 Å². The van der Waals surface area contributed by atoms with Gasteiger partial charge < -0.3 is 10.4 Å². The van der Waals surface area contributed by atoms with Crippen molar-refractivity contribution in [3.8, 4) is 0 Å². The van der Waals surface area contributed by atoms with Gasteiger partial charge in [-0.3, -0.25) is 4.79 Å². The monoisotopic (exact) mass is 257 g/mol. The summed E-state index contributed by atoms with van der Waals surface area (Å²) in [7, 11) is 0. The highest BCUT2D eigenvalue weighted by Crippen LogP contribution is 2.03. The number of nitrogens with zero attached hydrogens (tertiary/aromatic N) is 2. The average molecular weight is 258 g/mol. The van der Waals surface area contributed by atoms with Crippen molar-refractivity contribution in [3.05, 3.63) is 23.2 Å². The molecule has 0 aliphatic carbocycles. The first-order chi connectivity index (χ1) is 8.17. The zero-order valence-corrected chi connectivity index (χ0v) is 10.4. The first-order valence-corrected chi connectivity index (χ1v) is 5.94. The van der Waals surface area contributed by atoms with Gasteiger partial charge in [0.15, 0.2) is 0 Å². The number of carbonyl (C=O) groups excluding carboxylic acids is 1. The maximum atomic E-state index is 11.7. The van der Waals surface area contributed by atoms with Gasteiger partial charge in [-0.25, -0.2) is 9.97 Å². The van der Waals surface area contributed by atoms with Crippen molar-refractivity contribution in [1.29, 1.82) is 0 Å². The lowest BCUT2D eigenvalue weighted by Gasteiger charge is -2.15. The summed E-state index contributed by atoms with van der Waals surface area (Å²) in [6, 6.07) is -0.236. The van der Waals surface area contributed by atoms with Gasteiger partial charge in [0.05, 0.1) is 25.0 Å². The van der Waals surface area contributed by atoms with E-state index in [2.05, 4.69) is 22.2 Å². The summed E-state index contributed by atoms with van der Waals surface area (Å²) in [4.78, 5) is 19.4. The quantitative estimate of drug-likeness (QED) is 0.808. The van der Waals surface area contributed by atoms with E-state index in [0.717, 1.165) is 19.3 Å². The summed E-state index contributed by atoms with van der Waals surface area (Å²) >= 11 is 5.57. The number of carbonyl (C=O) groups is 1. The van der Waals surface area contributed by atoms with Crippen molar-refractivity contribution in [1.82, 2.24) is 15.3 Å². The standard InChI is InChI=1S/C11H16ClN3O2/c1-2-3-4-8(7-16)15-11(17)9-5-14-10(12)6-13-9/h5-6,8,16H,2-4,7H2,1H3,(H,15,17). The fraction of sp³-hybridized carbons (Fsp3) is 0.545. The molecule has 0 aliphatic rings. The molecular weight excluding hydrogens is 242 g/mol. The van der Waals surface area contributed by atoms with Crippen LogP contribution in [0.3, 0.4) is 0 Å². The van der Waals surface area contributed by atoms with Crippen LogP contribution in [0.2, 0.25) is 5.15 Å². The number of halogens is 1. The number of hydrogen-bond donors (Lipinski definition) is 2. The van der Waals surface area contributed by atoms with Crippen LogP contribution < -0.4 is 5.32 Å². The molecule has 1 aromatic rings. The third-order valence-electron chi connectivity index (χ3n) is 2.31. The molecule has 0 fully saturated rings. The second-order valence-electron chi connectivity index (χ2n) is 3.72. The van der Waals surface area contributed by atoms with Crippen LogP contribution in [0.5, 0.6) is 0 Å². The molecule has 1 amide bonds. The normalized spacial score (nSPS) is 12.2. The van der Waals surface area contributed by atoms with E-state index in [9.17, 15) is 4.79 Å². The number of unbranched alkanes of at least 4 members (excludes halogenated alkanes) is 1. The van der Waals surface area contributed by atoms with Gasteiger partial charge in [-0.1, -0.05) is 31.4 Å². The van der Waals surface area contributed by atoms with Gasteiger partial charge in [-0.2, -0.15) is 0 Å². The van der Waals surface area contributed by atoms with Crippen LogP contribution in [0.1, 0.15) is 36.7 Å². The molecule has 1 unspecified atom stereocenters. The smallest absolute Gasteiger partial charge is 0.271 e. The molecular formula is C11H16ClN3O2.